The molecule has 0 spiro atoms. The van der Waals surface area contributed by atoms with Crippen LogP contribution in [0, 0.1) is 5.92 Å². The molecule has 18 heavy (non-hydrogen) atoms. The first-order chi connectivity index (χ1) is 8.49. The summed E-state index contributed by atoms with van der Waals surface area (Å²) < 4.78 is 6.04. The van der Waals surface area contributed by atoms with E-state index in [0.717, 1.165) is 15.8 Å². The first-order valence-corrected chi connectivity index (χ1v) is 6.52. The van der Waals surface area contributed by atoms with Gasteiger partial charge in [-0.05, 0) is 47.1 Å². The van der Waals surface area contributed by atoms with Gasteiger partial charge in [0.05, 0.1) is 17.5 Å². The predicted molar refractivity (Wildman–Crippen MR) is 73.9 cm³/mol. The molecule has 0 radical (unpaired) electrons. The second-order valence-corrected chi connectivity index (χ2v) is 5.06. The number of carbonyl (C=O) groups is 1. The summed E-state index contributed by atoms with van der Waals surface area (Å²) in [6.45, 7) is 1.71. The topological polar surface area (TPSA) is 58.6 Å². The largest absolute Gasteiger partial charge is 0.496 e. The molecule has 0 amide bonds. The van der Waals surface area contributed by atoms with Crippen molar-refractivity contribution in [1.82, 2.24) is 5.32 Å². The van der Waals surface area contributed by atoms with E-state index in [9.17, 15) is 4.79 Å². The number of aliphatic carboxylic acids is 1. The molecule has 0 bridgehead atoms. The molecular weight excluding hydrogens is 298 g/mol. The van der Waals surface area contributed by atoms with Crippen molar-refractivity contribution in [3.05, 3.63) is 28.2 Å². The molecule has 2 unspecified atom stereocenters. The van der Waals surface area contributed by atoms with Gasteiger partial charge in [-0.3, -0.25) is 4.79 Å². The molecule has 4 nitrogen and oxygen atoms in total. The Kier molecular flexibility index (Phi) is 5.62. The molecule has 0 aliphatic heterocycles. The van der Waals surface area contributed by atoms with Crippen molar-refractivity contribution in [3.8, 4) is 5.75 Å². The van der Waals surface area contributed by atoms with Crippen molar-refractivity contribution in [1.29, 1.82) is 0 Å². The van der Waals surface area contributed by atoms with E-state index in [2.05, 4.69) is 21.2 Å². The van der Waals surface area contributed by atoms with Gasteiger partial charge in [0.25, 0.3) is 0 Å². The van der Waals surface area contributed by atoms with Crippen LogP contribution in [0.15, 0.2) is 22.7 Å². The van der Waals surface area contributed by atoms with Crippen LogP contribution in [0.1, 0.15) is 24.9 Å². The lowest BCUT2D eigenvalue weighted by atomic mass is 9.96. The Morgan fingerprint density at radius 1 is 1.56 bits per heavy atom. The van der Waals surface area contributed by atoms with Gasteiger partial charge in [-0.2, -0.15) is 0 Å². The molecule has 0 heterocycles. The van der Waals surface area contributed by atoms with E-state index in [0.29, 0.717) is 6.42 Å². The average molecular weight is 316 g/mol. The van der Waals surface area contributed by atoms with Crippen molar-refractivity contribution >= 4 is 21.9 Å². The second kappa shape index (κ2) is 6.75. The van der Waals surface area contributed by atoms with Crippen molar-refractivity contribution in [3.63, 3.8) is 0 Å². The van der Waals surface area contributed by atoms with Crippen molar-refractivity contribution < 1.29 is 14.6 Å². The molecule has 1 aromatic carbocycles. The SMILES string of the molecule is CNC(CC(C)C(=O)O)c1ccc(OC)c(Br)c1. The van der Waals surface area contributed by atoms with Gasteiger partial charge in [-0.1, -0.05) is 13.0 Å². The first-order valence-electron chi connectivity index (χ1n) is 5.73. The molecule has 1 aromatic rings. The summed E-state index contributed by atoms with van der Waals surface area (Å²) in [6.07, 6.45) is 0.546. The smallest absolute Gasteiger partial charge is 0.306 e. The molecule has 1 rings (SSSR count). The zero-order valence-electron chi connectivity index (χ0n) is 10.7. The zero-order chi connectivity index (χ0) is 13.7. The summed E-state index contributed by atoms with van der Waals surface area (Å²) in [4.78, 5) is 10.9. The van der Waals surface area contributed by atoms with Crippen molar-refractivity contribution in [2.75, 3.05) is 14.2 Å². The minimum absolute atomic E-state index is 0.0123. The predicted octanol–water partition coefficient (Wildman–Crippen LogP) is 2.83. The Morgan fingerprint density at radius 2 is 2.22 bits per heavy atom. The maximum atomic E-state index is 10.9. The lowest BCUT2D eigenvalue weighted by Gasteiger charge is -2.19. The average Bonchev–Trinajstić information content (AvgIpc) is 2.35. The Hall–Kier alpha value is -1.07. The summed E-state index contributed by atoms with van der Waals surface area (Å²) in [6, 6.07) is 5.78. The monoisotopic (exact) mass is 315 g/mol. The van der Waals surface area contributed by atoms with Crippen LogP contribution in [-0.4, -0.2) is 25.2 Å². The summed E-state index contributed by atoms with van der Waals surface area (Å²) in [5.41, 5.74) is 1.04. The molecule has 100 valence electrons. The zero-order valence-corrected chi connectivity index (χ0v) is 12.3. The third kappa shape index (κ3) is 3.71. The summed E-state index contributed by atoms with van der Waals surface area (Å²) in [7, 11) is 3.44. The first kappa shape index (κ1) is 15.0. The van der Waals surface area contributed by atoms with Crippen molar-refractivity contribution in [2.24, 2.45) is 5.92 Å². The third-order valence-corrected chi connectivity index (χ3v) is 3.56. The van der Waals surface area contributed by atoms with E-state index in [1.807, 2.05) is 25.2 Å². The molecule has 0 aliphatic carbocycles. The Labute approximate surface area is 115 Å². The number of hydrogen-bond acceptors (Lipinski definition) is 3. The maximum absolute atomic E-state index is 10.9. The Morgan fingerprint density at radius 3 is 2.67 bits per heavy atom. The van der Waals surface area contributed by atoms with Crippen LogP contribution < -0.4 is 10.1 Å². The van der Waals surface area contributed by atoms with Gasteiger partial charge >= 0.3 is 5.97 Å². The minimum Gasteiger partial charge on any atom is -0.496 e. The van der Waals surface area contributed by atoms with E-state index in [1.165, 1.54) is 0 Å². The minimum atomic E-state index is -0.775. The molecule has 0 aliphatic rings. The standard InChI is InChI=1S/C13H18BrNO3/c1-8(13(16)17)6-11(15-2)9-4-5-12(18-3)10(14)7-9/h4-5,7-8,11,15H,6H2,1-3H3,(H,16,17). The lowest BCUT2D eigenvalue weighted by molar-refractivity contribution is -0.141. The van der Waals surface area contributed by atoms with Crippen LogP contribution in [0.3, 0.4) is 0 Å². The Bertz CT molecular complexity index is 423. The molecule has 2 atom stereocenters. The fourth-order valence-corrected chi connectivity index (χ4v) is 2.33. The number of rotatable bonds is 6. The van der Waals surface area contributed by atoms with E-state index in [1.54, 1.807) is 14.0 Å². The fourth-order valence-electron chi connectivity index (χ4n) is 1.77. The quantitative estimate of drug-likeness (QED) is 0.847. The number of hydrogen-bond donors (Lipinski definition) is 2. The normalized spacial score (nSPS) is 14.0. The molecule has 0 saturated carbocycles. The maximum Gasteiger partial charge on any atom is 0.306 e. The van der Waals surface area contributed by atoms with E-state index in [-0.39, 0.29) is 12.0 Å². The van der Waals surface area contributed by atoms with Gasteiger partial charge < -0.3 is 15.2 Å². The van der Waals surface area contributed by atoms with Gasteiger partial charge in [0, 0.05) is 6.04 Å². The summed E-state index contributed by atoms with van der Waals surface area (Å²) in [5, 5.41) is 12.1. The van der Waals surface area contributed by atoms with Gasteiger partial charge in [0.15, 0.2) is 0 Å². The van der Waals surface area contributed by atoms with Crippen molar-refractivity contribution in [2.45, 2.75) is 19.4 Å². The molecule has 2 N–H and O–H groups in total. The van der Waals surface area contributed by atoms with Crippen LogP contribution in [0.4, 0.5) is 0 Å². The van der Waals surface area contributed by atoms with Crippen LogP contribution in [0.25, 0.3) is 0 Å². The summed E-state index contributed by atoms with van der Waals surface area (Å²) in [5.74, 6) is -0.397. The van der Waals surface area contributed by atoms with Crippen LogP contribution in [0.2, 0.25) is 0 Å². The number of carboxylic acid groups (broad SMARTS) is 1. The molecule has 0 aromatic heterocycles. The molecule has 0 fully saturated rings. The molecular formula is C13H18BrNO3. The number of ether oxygens (including phenoxy) is 1. The van der Waals surface area contributed by atoms with E-state index in [4.69, 9.17) is 9.84 Å². The van der Waals surface area contributed by atoms with Gasteiger partial charge in [0.2, 0.25) is 0 Å². The third-order valence-electron chi connectivity index (χ3n) is 2.94. The lowest BCUT2D eigenvalue weighted by Crippen LogP contribution is -2.22. The summed E-state index contributed by atoms with van der Waals surface area (Å²) >= 11 is 3.43. The van der Waals surface area contributed by atoms with Gasteiger partial charge in [0.1, 0.15) is 5.75 Å². The highest BCUT2D eigenvalue weighted by molar-refractivity contribution is 9.10. The van der Waals surface area contributed by atoms with Crippen LogP contribution in [-0.2, 0) is 4.79 Å². The highest BCUT2D eigenvalue weighted by Crippen LogP contribution is 2.30. The number of carboxylic acids is 1. The molecule has 0 saturated heterocycles. The number of benzene rings is 1. The van der Waals surface area contributed by atoms with Crippen LogP contribution in [0.5, 0.6) is 5.75 Å². The Balaban J connectivity index is 2.88. The van der Waals surface area contributed by atoms with Gasteiger partial charge in [-0.25, -0.2) is 0 Å². The van der Waals surface area contributed by atoms with E-state index >= 15 is 0 Å². The highest BCUT2D eigenvalue weighted by atomic mass is 79.9. The highest BCUT2D eigenvalue weighted by Gasteiger charge is 2.19. The van der Waals surface area contributed by atoms with Crippen LogP contribution >= 0.6 is 15.9 Å². The number of nitrogens with one attached hydrogen (secondary N) is 1. The van der Waals surface area contributed by atoms with Gasteiger partial charge in [-0.15, -0.1) is 0 Å². The molecule has 5 heteroatoms. The number of methoxy groups -OCH3 is 1. The second-order valence-electron chi connectivity index (χ2n) is 4.21. The van der Waals surface area contributed by atoms with E-state index < -0.39 is 5.97 Å². The fraction of sp³-hybridized carbons (Fsp3) is 0.462. The number of halogens is 1.